The van der Waals surface area contributed by atoms with Gasteiger partial charge in [0.2, 0.25) is 5.91 Å². The smallest absolute Gasteiger partial charge is 0.251 e. The van der Waals surface area contributed by atoms with Crippen molar-refractivity contribution in [1.29, 1.82) is 0 Å². The summed E-state index contributed by atoms with van der Waals surface area (Å²) < 4.78 is 0. The Labute approximate surface area is 193 Å². The molecule has 5 nitrogen and oxygen atoms in total. The molecule has 2 bridgehead atoms. The van der Waals surface area contributed by atoms with E-state index in [4.69, 9.17) is 23.2 Å². The van der Waals surface area contributed by atoms with E-state index in [1.807, 2.05) is 12.1 Å². The van der Waals surface area contributed by atoms with Crippen molar-refractivity contribution in [3.05, 3.63) is 69.7 Å². The van der Waals surface area contributed by atoms with Gasteiger partial charge in [-0.05, 0) is 68.5 Å². The molecule has 0 unspecified atom stereocenters. The quantitative estimate of drug-likeness (QED) is 0.671. The zero-order chi connectivity index (χ0) is 22.0. The Hall–Kier alpha value is -2.08. The van der Waals surface area contributed by atoms with Crippen molar-refractivity contribution >= 4 is 35.0 Å². The molecular formula is C24H27Cl2N3O2. The second kappa shape index (κ2) is 9.60. The topological polar surface area (TPSA) is 61.4 Å². The van der Waals surface area contributed by atoms with Gasteiger partial charge < -0.3 is 10.6 Å². The molecule has 0 aliphatic carbocycles. The van der Waals surface area contributed by atoms with Gasteiger partial charge in [0, 0.05) is 40.3 Å². The van der Waals surface area contributed by atoms with Crippen LogP contribution in [0.5, 0.6) is 0 Å². The summed E-state index contributed by atoms with van der Waals surface area (Å²) in [6.07, 6.45) is 4.19. The summed E-state index contributed by atoms with van der Waals surface area (Å²) in [5.41, 5.74) is 1.71. The fourth-order valence-electron chi connectivity index (χ4n) is 4.75. The predicted octanol–water partition coefficient (Wildman–Crippen LogP) is 4.42. The highest BCUT2D eigenvalue weighted by Crippen LogP contribution is 2.37. The number of rotatable bonds is 6. The number of amides is 2. The highest BCUT2D eigenvalue weighted by Gasteiger charge is 2.41. The fraction of sp³-hybridized carbons (Fsp3) is 0.417. The van der Waals surface area contributed by atoms with Gasteiger partial charge in [0.15, 0.2) is 0 Å². The molecule has 2 aromatic rings. The van der Waals surface area contributed by atoms with Crippen LogP contribution in [0, 0.1) is 0 Å². The number of piperidine rings is 1. The van der Waals surface area contributed by atoms with E-state index >= 15 is 0 Å². The number of carbonyl (C=O) groups excluding carboxylic acids is 2. The Bertz CT molecular complexity index is 936. The molecule has 4 rings (SSSR count). The van der Waals surface area contributed by atoms with Gasteiger partial charge in [-0.3, -0.25) is 14.5 Å². The molecule has 2 heterocycles. The minimum absolute atomic E-state index is 0.136. The Balaban J connectivity index is 1.30. The lowest BCUT2D eigenvalue weighted by Crippen LogP contribution is -2.53. The fourth-order valence-corrected chi connectivity index (χ4v) is 5.07. The first-order valence-corrected chi connectivity index (χ1v) is 11.5. The van der Waals surface area contributed by atoms with Crippen molar-refractivity contribution in [3.8, 4) is 0 Å². The molecule has 2 N–H and O–H groups in total. The maximum Gasteiger partial charge on any atom is 0.251 e. The number of nitrogens with one attached hydrogen (secondary N) is 2. The van der Waals surface area contributed by atoms with Gasteiger partial charge in [0.05, 0.1) is 0 Å². The number of fused-ring (bicyclic) bond motifs is 2. The first-order chi connectivity index (χ1) is 14.9. The summed E-state index contributed by atoms with van der Waals surface area (Å²) >= 11 is 12.0. The van der Waals surface area contributed by atoms with Gasteiger partial charge in [-0.2, -0.15) is 0 Å². The molecule has 2 fully saturated rings. The van der Waals surface area contributed by atoms with Crippen LogP contribution in [0.25, 0.3) is 0 Å². The van der Waals surface area contributed by atoms with Crippen molar-refractivity contribution in [2.45, 2.75) is 63.3 Å². The molecule has 4 atom stereocenters. The SMILES string of the molecule is C[C@H](NC(=O)c1cccc(Cl)c1)C(=O)N[C@@H]1C[C@H]2CC[C@@H](C1)N2Cc1ccc(Cl)cc1. The van der Waals surface area contributed by atoms with Crippen LogP contribution in [-0.2, 0) is 11.3 Å². The first kappa shape index (κ1) is 22.1. The minimum Gasteiger partial charge on any atom is -0.351 e. The number of hydrogen-bond acceptors (Lipinski definition) is 3. The van der Waals surface area contributed by atoms with E-state index in [-0.39, 0.29) is 17.9 Å². The maximum absolute atomic E-state index is 12.7. The van der Waals surface area contributed by atoms with Gasteiger partial charge in [0.1, 0.15) is 6.04 Å². The summed E-state index contributed by atoms with van der Waals surface area (Å²) in [7, 11) is 0. The number of nitrogens with zero attached hydrogens (tertiary/aromatic N) is 1. The molecule has 2 amide bonds. The van der Waals surface area contributed by atoms with Crippen LogP contribution in [-0.4, -0.2) is 40.9 Å². The van der Waals surface area contributed by atoms with E-state index in [1.54, 1.807) is 31.2 Å². The van der Waals surface area contributed by atoms with Crippen molar-refractivity contribution in [2.75, 3.05) is 0 Å². The zero-order valence-electron chi connectivity index (χ0n) is 17.5. The third-order valence-electron chi connectivity index (χ3n) is 6.34. The predicted molar refractivity (Wildman–Crippen MR) is 123 cm³/mol. The molecular weight excluding hydrogens is 433 g/mol. The highest BCUT2D eigenvalue weighted by molar-refractivity contribution is 6.31. The van der Waals surface area contributed by atoms with Crippen LogP contribution in [0.15, 0.2) is 48.5 Å². The third-order valence-corrected chi connectivity index (χ3v) is 6.82. The molecule has 0 saturated carbocycles. The lowest BCUT2D eigenvalue weighted by atomic mass is 9.96. The highest BCUT2D eigenvalue weighted by atomic mass is 35.5. The lowest BCUT2D eigenvalue weighted by molar-refractivity contribution is -0.123. The average molecular weight is 460 g/mol. The molecule has 2 aromatic carbocycles. The standard InChI is InChI=1S/C24H27Cl2N3O2/c1-15(27-24(31)17-3-2-4-19(26)11-17)23(30)28-20-12-21-9-10-22(13-20)29(21)14-16-5-7-18(25)8-6-16/h2-8,11,15,20-22H,9-10,12-14H2,1H3,(H,27,31)(H,28,30)/t15-,20-,21-,22+/m0/s1. The second-order valence-corrected chi connectivity index (χ2v) is 9.44. The number of hydrogen-bond donors (Lipinski definition) is 2. The van der Waals surface area contributed by atoms with Crippen molar-refractivity contribution in [3.63, 3.8) is 0 Å². The van der Waals surface area contributed by atoms with E-state index in [1.165, 1.54) is 5.56 Å². The van der Waals surface area contributed by atoms with Gasteiger partial charge >= 0.3 is 0 Å². The van der Waals surface area contributed by atoms with Gasteiger partial charge in [-0.15, -0.1) is 0 Å². The first-order valence-electron chi connectivity index (χ1n) is 10.8. The molecule has 2 aliphatic rings. The summed E-state index contributed by atoms with van der Waals surface area (Å²) in [5.74, 6) is -0.450. The third kappa shape index (κ3) is 5.40. The Morgan fingerprint density at radius 2 is 1.71 bits per heavy atom. The van der Waals surface area contributed by atoms with Gasteiger partial charge in [0.25, 0.3) is 5.91 Å². The molecule has 0 aromatic heterocycles. The zero-order valence-corrected chi connectivity index (χ0v) is 19.0. The van der Waals surface area contributed by atoms with E-state index in [2.05, 4.69) is 27.7 Å². The molecule has 0 radical (unpaired) electrons. The van der Waals surface area contributed by atoms with Crippen molar-refractivity contribution in [1.82, 2.24) is 15.5 Å². The maximum atomic E-state index is 12.7. The molecule has 2 aliphatic heterocycles. The number of carbonyl (C=O) groups is 2. The van der Waals surface area contributed by atoms with Gasteiger partial charge in [-0.25, -0.2) is 0 Å². The van der Waals surface area contributed by atoms with Crippen LogP contribution >= 0.6 is 23.2 Å². The summed E-state index contributed by atoms with van der Waals surface area (Å²) in [6.45, 7) is 2.63. The molecule has 164 valence electrons. The van der Waals surface area contributed by atoms with Crippen molar-refractivity contribution in [2.24, 2.45) is 0 Å². The average Bonchev–Trinajstić information content (AvgIpc) is 2.97. The van der Waals surface area contributed by atoms with E-state index in [0.29, 0.717) is 22.7 Å². The molecule has 0 spiro atoms. The van der Waals surface area contributed by atoms with E-state index < -0.39 is 6.04 Å². The Kier molecular flexibility index (Phi) is 6.85. The number of benzene rings is 2. The van der Waals surface area contributed by atoms with E-state index in [9.17, 15) is 9.59 Å². The van der Waals surface area contributed by atoms with Crippen LogP contribution in [0.2, 0.25) is 10.0 Å². The largest absolute Gasteiger partial charge is 0.351 e. The normalized spacial score (nSPS) is 23.9. The van der Waals surface area contributed by atoms with Crippen LogP contribution in [0.3, 0.4) is 0 Å². The van der Waals surface area contributed by atoms with E-state index in [0.717, 1.165) is 37.3 Å². The lowest BCUT2D eigenvalue weighted by Gasteiger charge is -2.39. The second-order valence-electron chi connectivity index (χ2n) is 8.57. The van der Waals surface area contributed by atoms with Crippen molar-refractivity contribution < 1.29 is 9.59 Å². The Morgan fingerprint density at radius 3 is 2.35 bits per heavy atom. The molecule has 31 heavy (non-hydrogen) atoms. The minimum atomic E-state index is -0.615. The molecule has 2 saturated heterocycles. The molecule has 7 heteroatoms. The summed E-state index contributed by atoms with van der Waals surface area (Å²) in [6, 6.07) is 15.2. The van der Waals surface area contributed by atoms with Crippen LogP contribution in [0.1, 0.15) is 48.5 Å². The van der Waals surface area contributed by atoms with Gasteiger partial charge in [-0.1, -0.05) is 41.4 Å². The van der Waals surface area contributed by atoms with Crippen LogP contribution in [0.4, 0.5) is 0 Å². The Morgan fingerprint density at radius 1 is 1.03 bits per heavy atom. The summed E-state index contributed by atoms with van der Waals surface area (Å²) in [4.78, 5) is 27.7. The number of halogens is 2. The monoisotopic (exact) mass is 459 g/mol. The summed E-state index contributed by atoms with van der Waals surface area (Å²) in [5, 5.41) is 7.17. The van der Waals surface area contributed by atoms with Crippen LogP contribution < -0.4 is 10.6 Å².